The van der Waals surface area contributed by atoms with Crippen LogP contribution in [-0.4, -0.2) is 19.8 Å². The molecule has 3 rings (SSSR count). The smallest absolute Gasteiger partial charge is 0.161 e. The molecule has 1 aliphatic heterocycles. The zero-order valence-electron chi connectivity index (χ0n) is 12.8. The van der Waals surface area contributed by atoms with Crippen LogP contribution in [0.15, 0.2) is 42.5 Å². The van der Waals surface area contributed by atoms with Gasteiger partial charge in [0.1, 0.15) is 19.0 Å². The second-order valence-electron chi connectivity index (χ2n) is 5.12. The SMILES string of the molecule is CCOc1ccccc1CNCc1ccc2c(c1)OCCO2. The number of nitrogens with one attached hydrogen (secondary N) is 1. The Balaban J connectivity index is 1.59. The first-order valence-electron chi connectivity index (χ1n) is 7.67. The average Bonchev–Trinajstić information content (AvgIpc) is 2.56. The third-order valence-corrected chi connectivity index (χ3v) is 3.52. The maximum absolute atomic E-state index is 5.64. The van der Waals surface area contributed by atoms with Crippen LogP contribution < -0.4 is 19.5 Å². The normalized spacial score (nSPS) is 13.0. The van der Waals surface area contributed by atoms with Gasteiger partial charge in [-0.2, -0.15) is 0 Å². The maximum Gasteiger partial charge on any atom is 0.161 e. The number of fused-ring (bicyclic) bond motifs is 1. The van der Waals surface area contributed by atoms with E-state index < -0.39 is 0 Å². The molecule has 0 bridgehead atoms. The second-order valence-corrected chi connectivity index (χ2v) is 5.12. The van der Waals surface area contributed by atoms with Gasteiger partial charge in [-0.15, -0.1) is 0 Å². The molecule has 116 valence electrons. The summed E-state index contributed by atoms with van der Waals surface area (Å²) in [6.07, 6.45) is 0. The van der Waals surface area contributed by atoms with Gasteiger partial charge in [0, 0.05) is 18.7 Å². The van der Waals surface area contributed by atoms with E-state index in [1.807, 2.05) is 37.3 Å². The summed E-state index contributed by atoms with van der Waals surface area (Å²) in [5, 5.41) is 3.45. The highest BCUT2D eigenvalue weighted by Gasteiger charge is 2.11. The highest BCUT2D eigenvalue weighted by molar-refractivity contribution is 5.43. The molecule has 1 heterocycles. The molecule has 2 aromatic carbocycles. The molecule has 2 aromatic rings. The van der Waals surface area contributed by atoms with Gasteiger partial charge in [-0.05, 0) is 30.7 Å². The topological polar surface area (TPSA) is 39.7 Å². The quantitative estimate of drug-likeness (QED) is 0.889. The molecule has 0 aliphatic carbocycles. The maximum atomic E-state index is 5.64. The van der Waals surface area contributed by atoms with Crippen molar-refractivity contribution in [2.24, 2.45) is 0 Å². The lowest BCUT2D eigenvalue weighted by atomic mass is 10.1. The molecule has 0 atom stereocenters. The fourth-order valence-electron chi connectivity index (χ4n) is 2.49. The van der Waals surface area contributed by atoms with E-state index in [0.717, 1.165) is 30.3 Å². The molecule has 0 saturated carbocycles. The first kappa shape index (κ1) is 14.7. The highest BCUT2D eigenvalue weighted by Crippen LogP contribution is 2.30. The monoisotopic (exact) mass is 299 g/mol. The van der Waals surface area contributed by atoms with Gasteiger partial charge in [0.05, 0.1) is 6.61 Å². The third kappa shape index (κ3) is 3.52. The first-order valence-corrected chi connectivity index (χ1v) is 7.67. The van der Waals surface area contributed by atoms with Gasteiger partial charge in [-0.25, -0.2) is 0 Å². The Labute approximate surface area is 131 Å². The van der Waals surface area contributed by atoms with Crippen LogP contribution in [0.25, 0.3) is 0 Å². The van der Waals surface area contributed by atoms with Gasteiger partial charge >= 0.3 is 0 Å². The minimum absolute atomic E-state index is 0.617. The Kier molecular flexibility index (Phi) is 4.81. The van der Waals surface area contributed by atoms with Crippen molar-refractivity contribution in [3.8, 4) is 17.2 Å². The summed E-state index contributed by atoms with van der Waals surface area (Å²) < 4.78 is 16.8. The molecule has 0 aromatic heterocycles. The summed E-state index contributed by atoms with van der Waals surface area (Å²) in [6.45, 7) is 5.46. The van der Waals surface area contributed by atoms with Crippen LogP contribution in [0.4, 0.5) is 0 Å². The molecule has 0 radical (unpaired) electrons. The fraction of sp³-hybridized carbons (Fsp3) is 0.333. The summed E-state index contributed by atoms with van der Waals surface area (Å²) >= 11 is 0. The molecule has 4 nitrogen and oxygen atoms in total. The van der Waals surface area contributed by atoms with Gasteiger partial charge in [0.25, 0.3) is 0 Å². The van der Waals surface area contributed by atoms with E-state index in [1.54, 1.807) is 0 Å². The lowest BCUT2D eigenvalue weighted by molar-refractivity contribution is 0.171. The summed E-state index contributed by atoms with van der Waals surface area (Å²) in [4.78, 5) is 0. The standard InChI is InChI=1S/C18H21NO3/c1-2-20-16-6-4-3-5-15(16)13-19-12-14-7-8-17-18(11-14)22-10-9-21-17/h3-8,11,19H,2,9-10,12-13H2,1H3. The van der Waals surface area contributed by atoms with E-state index in [0.29, 0.717) is 19.8 Å². The predicted octanol–water partition coefficient (Wildman–Crippen LogP) is 3.15. The summed E-state index contributed by atoms with van der Waals surface area (Å²) in [5.74, 6) is 2.61. The number of hydrogen-bond donors (Lipinski definition) is 1. The van der Waals surface area contributed by atoms with Gasteiger partial charge in [-0.1, -0.05) is 24.3 Å². The minimum Gasteiger partial charge on any atom is -0.494 e. The van der Waals surface area contributed by atoms with E-state index in [4.69, 9.17) is 14.2 Å². The summed E-state index contributed by atoms with van der Waals surface area (Å²) in [6, 6.07) is 14.2. The number of hydrogen-bond acceptors (Lipinski definition) is 4. The molecule has 0 fully saturated rings. The first-order chi connectivity index (χ1) is 10.9. The van der Waals surface area contributed by atoms with E-state index in [9.17, 15) is 0 Å². The van der Waals surface area contributed by atoms with Crippen LogP contribution in [0.3, 0.4) is 0 Å². The van der Waals surface area contributed by atoms with Crippen molar-refractivity contribution in [3.05, 3.63) is 53.6 Å². The van der Waals surface area contributed by atoms with E-state index in [2.05, 4.69) is 17.4 Å². The lowest BCUT2D eigenvalue weighted by Gasteiger charge is -2.19. The average molecular weight is 299 g/mol. The van der Waals surface area contributed by atoms with E-state index >= 15 is 0 Å². The Hall–Kier alpha value is -2.20. The largest absolute Gasteiger partial charge is 0.494 e. The highest BCUT2D eigenvalue weighted by atomic mass is 16.6. The van der Waals surface area contributed by atoms with Crippen LogP contribution in [-0.2, 0) is 13.1 Å². The molecular formula is C18H21NO3. The Morgan fingerprint density at radius 3 is 2.68 bits per heavy atom. The minimum atomic E-state index is 0.617. The van der Waals surface area contributed by atoms with Crippen LogP contribution in [0.5, 0.6) is 17.2 Å². The Bertz CT molecular complexity index is 627. The Morgan fingerprint density at radius 1 is 1.00 bits per heavy atom. The van der Waals surface area contributed by atoms with Crippen LogP contribution in [0, 0.1) is 0 Å². The number of ether oxygens (including phenoxy) is 3. The van der Waals surface area contributed by atoms with Crippen molar-refractivity contribution in [1.29, 1.82) is 0 Å². The zero-order valence-corrected chi connectivity index (χ0v) is 12.8. The van der Waals surface area contributed by atoms with Gasteiger partial charge in [0.2, 0.25) is 0 Å². The van der Waals surface area contributed by atoms with Crippen LogP contribution >= 0.6 is 0 Å². The molecule has 4 heteroatoms. The molecule has 0 saturated heterocycles. The third-order valence-electron chi connectivity index (χ3n) is 3.52. The van der Waals surface area contributed by atoms with E-state index in [1.165, 1.54) is 11.1 Å². The van der Waals surface area contributed by atoms with Crippen molar-refractivity contribution >= 4 is 0 Å². The molecule has 1 N–H and O–H groups in total. The van der Waals surface area contributed by atoms with Crippen LogP contribution in [0.1, 0.15) is 18.1 Å². The van der Waals surface area contributed by atoms with Gasteiger partial charge < -0.3 is 19.5 Å². The van der Waals surface area contributed by atoms with Crippen molar-refractivity contribution in [2.45, 2.75) is 20.0 Å². The molecule has 1 aliphatic rings. The van der Waals surface area contributed by atoms with Crippen molar-refractivity contribution in [1.82, 2.24) is 5.32 Å². The molecule has 0 spiro atoms. The molecule has 0 amide bonds. The van der Waals surface area contributed by atoms with Crippen molar-refractivity contribution in [3.63, 3.8) is 0 Å². The van der Waals surface area contributed by atoms with E-state index in [-0.39, 0.29) is 0 Å². The number of para-hydroxylation sites is 1. The van der Waals surface area contributed by atoms with Gasteiger partial charge in [0.15, 0.2) is 11.5 Å². The summed E-state index contributed by atoms with van der Waals surface area (Å²) in [5.41, 5.74) is 2.35. The molecule has 0 unspecified atom stereocenters. The van der Waals surface area contributed by atoms with Crippen molar-refractivity contribution < 1.29 is 14.2 Å². The van der Waals surface area contributed by atoms with Crippen molar-refractivity contribution in [2.75, 3.05) is 19.8 Å². The second kappa shape index (κ2) is 7.18. The summed E-state index contributed by atoms with van der Waals surface area (Å²) in [7, 11) is 0. The Morgan fingerprint density at radius 2 is 1.82 bits per heavy atom. The lowest BCUT2D eigenvalue weighted by Crippen LogP contribution is -2.17. The van der Waals surface area contributed by atoms with Crippen LogP contribution in [0.2, 0.25) is 0 Å². The molecule has 22 heavy (non-hydrogen) atoms. The predicted molar refractivity (Wildman–Crippen MR) is 85.6 cm³/mol. The molecular weight excluding hydrogens is 278 g/mol. The fourth-order valence-corrected chi connectivity index (χ4v) is 2.49. The zero-order chi connectivity index (χ0) is 15.2. The number of rotatable bonds is 6. The van der Waals surface area contributed by atoms with Gasteiger partial charge in [-0.3, -0.25) is 0 Å². The number of benzene rings is 2.